The molecule has 0 atom stereocenters. The molecule has 0 radical (unpaired) electrons. The number of benzene rings is 2. The van der Waals surface area contributed by atoms with Gasteiger partial charge >= 0.3 is 0 Å². The van der Waals surface area contributed by atoms with Gasteiger partial charge in [-0.3, -0.25) is 0 Å². The lowest BCUT2D eigenvalue weighted by molar-refractivity contribution is 0.594. The van der Waals surface area contributed by atoms with Crippen molar-refractivity contribution >= 4 is 11.4 Å². The van der Waals surface area contributed by atoms with Gasteiger partial charge < -0.3 is 11.5 Å². The molecule has 4 N–H and O–H groups in total. The summed E-state index contributed by atoms with van der Waals surface area (Å²) in [5.74, 6) is -1.52. The second kappa shape index (κ2) is 3.81. The second-order valence-electron chi connectivity index (χ2n) is 3.45. The lowest BCUT2D eigenvalue weighted by Gasteiger charge is -2.07. The van der Waals surface area contributed by atoms with Crippen LogP contribution >= 0.6 is 0 Å². The minimum absolute atomic E-state index is 0.242. The molecular weight excluding hydrogens is 210 g/mol. The van der Waals surface area contributed by atoms with E-state index >= 15 is 0 Å². The molecule has 0 aliphatic carbocycles. The van der Waals surface area contributed by atoms with E-state index in [9.17, 15) is 8.78 Å². The Kier molecular flexibility index (Phi) is 2.48. The third-order valence-electron chi connectivity index (χ3n) is 2.32. The molecule has 82 valence electrons. The first-order valence-corrected chi connectivity index (χ1v) is 4.69. The summed E-state index contributed by atoms with van der Waals surface area (Å²) in [6.45, 7) is 0. The largest absolute Gasteiger partial charge is 0.399 e. The van der Waals surface area contributed by atoms with E-state index in [2.05, 4.69) is 0 Å². The minimum Gasteiger partial charge on any atom is -0.399 e. The Morgan fingerprint density at radius 1 is 0.938 bits per heavy atom. The molecule has 2 nitrogen and oxygen atoms in total. The topological polar surface area (TPSA) is 52.0 Å². The zero-order chi connectivity index (χ0) is 11.7. The summed E-state index contributed by atoms with van der Waals surface area (Å²) in [4.78, 5) is 0. The zero-order valence-corrected chi connectivity index (χ0v) is 8.37. The lowest BCUT2D eigenvalue weighted by atomic mass is 10.0. The highest BCUT2D eigenvalue weighted by Crippen LogP contribution is 2.28. The number of hydrogen-bond donors (Lipinski definition) is 2. The maximum Gasteiger partial charge on any atom is 0.156 e. The third kappa shape index (κ3) is 1.69. The van der Waals surface area contributed by atoms with E-state index in [1.54, 1.807) is 24.3 Å². The van der Waals surface area contributed by atoms with Crippen molar-refractivity contribution in [2.75, 3.05) is 11.5 Å². The highest BCUT2D eigenvalue weighted by atomic mass is 19.1. The van der Waals surface area contributed by atoms with Crippen LogP contribution in [0.5, 0.6) is 0 Å². The van der Waals surface area contributed by atoms with E-state index in [0.717, 1.165) is 6.07 Å². The average molecular weight is 220 g/mol. The number of anilines is 2. The van der Waals surface area contributed by atoms with Crippen LogP contribution in [0.3, 0.4) is 0 Å². The van der Waals surface area contributed by atoms with Gasteiger partial charge in [0, 0.05) is 11.3 Å². The second-order valence-corrected chi connectivity index (χ2v) is 3.45. The predicted molar refractivity (Wildman–Crippen MR) is 60.6 cm³/mol. The smallest absolute Gasteiger partial charge is 0.156 e. The summed E-state index contributed by atoms with van der Waals surface area (Å²) in [7, 11) is 0. The Bertz CT molecular complexity index is 539. The standard InChI is InChI=1S/C12H10F2N2/c13-10-5-4-9(11(14)12(10)16)7-2-1-3-8(15)6-7/h1-6H,15-16H2. The minimum atomic E-state index is -0.759. The molecule has 0 bridgehead atoms. The molecule has 0 spiro atoms. The van der Waals surface area contributed by atoms with Gasteiger partial charge in [0.05, 0.1) is 0 Å². The van der Waals surface area contributed by atoms with Crippen molar-refractivity contribution < 1.29 is 8.78 Å². The summed E-state index contributed by atoms with van der Waals surface area (Å²) in [5.41, 5.74) is 11.7. The van der Waals surface area contributed by atoms with Crippen molar-refractivity contribution in [2.24, 2.45) is 0 Å². The van der Waals surface area contributed by atoms with Crippen LogP contribution in [0.25, 0.3) is 11.1 Å². The van der Waals surface area contributed by atoms with Crippen LogP contribution in [-0.2, 0) is 0 Å². The Labute approximate surface area is 91.5 Å². The Morgan fingerprint density at radius 2 is 1.69 bits per heavy atom. The Morgan fingerprint density at radius 3 is 2.38 bits per heavy atom. The molecule has 2 aromatic rings. The van der Waals surface area contributed by atoms with E-state index < -0.39 is 17.3 Å². The SMILES string of the molecule is Nc1cccc(-c2ccc(F)c(N)c2F)c1. The zero-order valence-electron chi connectivity index (χ0n) is 8.37. The van der Waals surface area contributed by atoms with Gasteiger partial charge in [0.15, 0.2) is 5.82 Å². The molecule has 0 amide bonds. The van der Waals surface area contributed by atoms with Crippen LogP contribution in [0.1, 0.15) is 0 Å². The van der Waals surface area contributed by atoms with Crippen molar-refractivity contribution in [1.82, 2.24) is 0 Å². The highest BCUT2D eigenvalue weighted by Gasteiger charge is 2.11. The first kappa shape index (κ1) is 10.4. The molecule has 0 aliphatic rings. The van der Waals surface area contributed by atoms with Crippen LogP contribution in [0, 0.1) is 11.6 Å². The molecule has 0 aliphatic heterocycles. The van der Waals surface area contributed by atoms with Crippen LogP contribution in [-0.4, -0.2) is 0 Å². The molecule has 0 heterocycles. The fourth-order valence-electron chi connectivity index (χ4n) is 1.50. The number of hydrogen-bond acceptors (Lipinski definition) is 2. The molecule has 0 fully saturated rings. The van der Waals surface area contributed by atoms with E-state index in [0.29, 0.717) is 11.3 Å². The van der Waals surface area contributed by atoms with Gasteiger partial charge in [0.25, 0.3) is 0 Å². The molecule has 4 heteroatoms. The number of rotatable bonds is 1. The van der Waals surface area contributed by atoms with Gasteiger partial charge in [0.2, 0.25) is 0 Å². The summed E-state index contributed by atoms with van der Waals surface area (Å²) in [6, 6.07) is 9.16. The van der Waals surface area contributed by atoms with Crippen LogP contribution in [0.15, 0.2) is 36.4 Å². The summed E-state index contributed by atoms with van der Waals surface area (Å²) < 4.78 is 26.6. The van der Waals surface area contributed by atoms with Crippen LogP contribution in [0.2, 0.25) is 0 Å². The molecular formula is C12H10F2N2. The normalized spacial score (nSPS) is 10.4. The van der Waals surface area contributed by atoms with Gasteiger partial charge in [-0.05, 0) is 29.8 Å². The molecule has 16 heavy (non-hydrogen) atoms. The van der Waals surface area contributed by atoms with Gasteiger partial charge in [-0.1, -0.05) is 12.1 Å². The van der Waals surface area contributed by atoms with Crippen molar-refractivity contribution in [3.63, 3.8) is 0 Å². The maximum absolute atomic E-state index is 13.7. The molecule has 0 saturated carbocycles. The van der Waals surface area contributed by atoms with Gasteiger partial charge in [-0.2, -0.15) is 0 Å². The van der Waals surface area contributed by atoms with Crippen molar-refractivity contribution in [2.45, 2.75) is 0 Å². The third-order valence-corrected chi connectivity index (χ3v) is 2.32. The highest BCUT2D eigenvalue weighted by molar-refractivity contribution is 5.71. The number of nitrogens with two attached hydrogens (primary N) is 2. The lowest BCUT2D eigenvalue weighted by Crippen LogP contribution is -1.97. The van der Waals surface area contributed by atoms with Gasteiger partial charge in [0.1, 0.15) is 11.5 Å². The van der Waals surface area contributed by atoms with E-state index in [-0.39, 0.29) is 5.56 Å². The summed E-state index contributed by atoms with van der Waals surface area (Å²) in [6.07, 6.45) is 0. The van der Waals surface area contributed by atoms with Crippen LogP contribution in [0.4, 0.5) is 20.2 Å². The maximum atomic E-state index is 13.7. The Hall–Kier alpha value is -2.10. The number of nitrogen functional groups attached to an aromatic ring is 2. The molecule has 0 aromatic heterocycles. The Balaban J connectivity index is 2.61. The van der Waals surface area contributed by atoms with Crippen molar-refractivity contribution in [3.05, 3.63) is 48.0 Å². The molecule has 2 aromatic carbocycles. The molecule has 2 rings (SSSR count). The van der Waals surface area contributed by atoms with E-state index in [1.165, 1.54) is 6.07 Å². The van der Waals surface area contributed by atoms with Gasteiger partial charge in [-0.25, -0.2) is 8.78 Å². The average Bonchev–Trinajstić information content (AvgIpc) is 2.26. The van der Waals surface area contributed by atoms with Crippen LogP contribution < -0.4 is 11.5 Å². The quantitative estimate of drug-likeness (QED) is 0.726. The number of halogens is 2. The van der Waals surface area contributed by atoms with Gasteiger partial charge in [-0.15, -0.1) is 0 Å². The monoisotopic (exact) mass is 220 g/mol. The first-order valence-electron chi connectivity index (χ1n) is 4.69. The molecule has 0 unspecified atom stereocenters. The summed E-state index contributed by atoms with van der Waals surface area (Å²) in [5, 5.41) is 0. The first-order chi connectivity index (χ1) is 7.59. The fraction of sp³-hybridized carbons (Fsp3) is 0. The fourth-order valence-corrected chi connectivity index (χ4v) is 1.50. The summed E-state index contributed by atoms with van der Waals surface area (Å²) >= 11 is 0. The van der Waals surface area contributed by atoms with Crippen molar-refractivity contribution in [1.29, 1.82) is 0 Å². The van der Waals surface area contributed by atoms with E-state index in [1.807, 2.05) is 0 Å². The van der Waals surface area contributed by atoms with Crippen molar-refractivity contribution in [3.8, 4) is 11.1 Å². The predicted octanol–water partition coefficient (Wildman–Crippen LogP) is 2.80. The van der Waals surface area contributed by atoms with E-state index in [4.69, 9.17) is 11.5 Å². The molecule has 0 saturated heterocycles.